The predicted octanol–water partition coefficient (Wildman–Crippen LogP) is 3.08. The van der Waals surface area contributed by atoms with Crippen LogP contribution in [0.25, 0.3) is 11.1 Å². The van der Waals surface area contributed by atoms with Crippen LogP contribution in [-0.4, -0.2) is 33.4 Å². The summed E-state index contributed by atoms with van der Waals surface area (Å²) in [5, 5.41) is 3.41. The number of oxazole rings is 1. The summed E-state index contributed by atoms with van der Waals surface area (Å²) in [5.41, 5.74) is 3.65. The molecule has 29 heavy (non-hydrogen) atoms. The van der Waals surface area contributed by atoms with Gasteiger partial charge in [0.1, 0.15) is 5.54 Å². The number of aromatic nitrogens is 1. The fourth-order valence-electron chi connectivity index (χ4n) is 3.25. The van der Waals surface area contributed by atoms with Gasteiger partial charge in [0.05, 0.1) is 5.52 Å². The smallest absolute Gasteiger partial charge is 0.344 e. The Morgan fingerprint density at radius 1 is 1.21 bits per heavy atom. The molecule has 2 aromatic carbocycles. The minimum Gasteiger partial charge on any atom is -0.429 e. The second-order valence-electron chi connectivity index (χ2n) is 7.05. The van der Waals surface area contributed by atoms with E-state index in [1.807, 2.05) is 30.3 Å². The first-order valence-electron chi connectivity index (χ1n) is 9.00. The molecule has 9 heteroatoms. The summed E-state index contributed by atoms with van der Waals surface area (Å²) in [6, 6.07) is 13.7. The van der Waals surface area contributed by atoms with Crippen LogP contribution in [0.1, 0.15) is 29.3 Å². The number of H-pyrrole nitrogens is 1. The summed E-state index contributed by atoms with van der Waals surface area (Å²) in [4.78, 5) is 40.8. The number of aryl methyl sites for hydroxylation is 1. The van der Waals surface area contributed by atoms with E-state index in [0.29, 0.717) is 23.9 Å². The molecule has 0 saturated carbocycles. The quantitative estimate of drug-likeness (QED) is 0.443. The molecule has 1 fully saturated rings. The maximum Gasteiger partial charge on any atom is 0.344 e. The highest BCUT2D eigenvalue weighted by molar-refractivity contribution is 7.71. The van der Waals surface area contributed by atoms with Crippen molar-refractivity contribution in [2.24, 2.45) is 0 Å². The van der Waals surface area contributed by atoms with Crippen LogP contribution in [-0.2, 0) is 11.2 Å². The molecular weight excluding hydrogens is 392 g/mol. The lowest BCUT2D eigenvalue weighted by Crippen LogP contribution is -2.48. The van der Waals surface area contributed by atoms with Crippen molar-refractivity contribution in [2.45, 2.75) is 25.3 Å². The summed E-state index contributed by atoms with van der Waals surface area (Å²) < 4.78 is 5.26. The molecule has 0 aliphatic carbocycles. The Labute approximate surface area is 170 Å². The Bertz CT molecular complexity index is 1170. The zero-order valence-electron chi connectivity index (χ0n) is 15.5. The van der Waals surface area contributed by atoms with Crippen LogP contribution in [0.5, 0.6) is 0 Å². The summed E-state index contributed by atoms with van der Waals surface area (Å²) in [6.07, 6.45) is 1.02. The maximum atomic E-state index is 12.8. The number of hydrogen-bond acceptors (Lipinski definition) is 5. The minimum atomic E-state index is -1.10. The molecule has 1 unspecified atom stereocenters. The SMILES string of the molecule is CC1(CCc2ccccc2)NC(=O)N(NC(=O)c2ccc3oc(=S)[nH]c3c2)C1=O. The number of carbonyl (C=O) groups excluding carboxylic acids is 3. The van der Waals surface area contributed by atoms with Crippen LogP contribution in [0.4, 0.5) is 4.79 Å². The Kier molecular flexibility index (Phi) is 4.67. The molecule has 8 nitrogen and oxygen atoms in total. The molecule has 0 spiro atoms. The van der Waals surface area contributed by atoms with E-state index in [-0.39, 0.29) is 10.4 Å². The van der Waals surface area contributed by atoms with Crippen LogP contribution in [0.15, 0.2) is 52.9 Å². The summed E-state index contributed by atoms with van der Waals surface area (Å²) >= 11 is 4.93. The van der Waals surface area contributed by atoms with E-state index >= 15 is 0 Å². The lowest BCUT2D eigenvalue weighted by Gasteiger charge is -2.21. The minimum absolute atomic E-state index is 0.195. The molecule has 148 valence electrons. The molecule has 1 aliphatic rings. The van der Waals surface area contributed by atoms with Crippen LogP contribution in [0, 0.1) is 4.84 Å². The number of carbonyl (C=O) groups is 3. The van der Waals surface area contributed by atoms with Crippen molar-refractivity contribution in [3.05, 3.63) is 64.5 Å². The van der Waals surface area contributed by atoms with Gasteiger partial charge in [0.25, 0.3) is 16.7 Å². The summed E-state index contributed by atoms with van der Waals surface area (Å²) in [5.74, 6) is -1.10. The highest BCUT2D eigenvalue weighted by Crippen LogP contribution is 2.23. The Morgan fingerprint density at radius 3 is 2.72 bits per heavy atom. The first-order chi connectivity index (χ1) is 13.9. The molecule has 4 rings (SSSR count). The van der Waals surface area contributed by atoms with Crippen molar-refractivity contribution in [1.29, 1.82) is 0 Å². The Hall–Kier alpha value is -3.46. The summed E-state index contributed by atoms with van der Waals surface area (Å²) in [7, 11) is 0. The third-order valence-corrected chi connectivity index (χ3v) is 5.10. The van der Waals surface area contributed by atoms with Gasteiger partial charge in [-0.1, -0.05) is 30.3 Å². The second-order valence-corrected chi connectivity index (χ2v) is 7.43. The maximum absolute atomic E-state index is 12.8. The number of hydrazine groups is 1. The topological polar surface area (TPSA) is 107 Å². The van der Waals surface area contributed by atoms with E-state index in [1.54, 1.807) is 13.0 Å². The first-order valence-corrected chi connectivity index (χ1v) is 9.41. The fraction of sp³-hybridized carbons (Fsp3) is 0.200. The average molecular weight is 410 g/mol. The third-order valence-electron chi connectivity index (χ3n) is 4.91. The lowest BCUT2D eigenvalue weighted by atomic mass is 9.93. The second kappa shape index (κ2) is 7.17. The highest BCUT2D eigenvalue weighted by atomic mass is 32.1. The van der Waals surface area contributed by atoms with Crippen molar-refractivity contribution < 1.29 is 18.8 Å². The number of hydrogen-bond donors (Lipinski definition) is 3. The van der Waals surface area contributed by atoms with Crippen LogP contribution in [0.2, 0.25) is 0 Å². The average Bonchev–Trinajstić information content (AvgIpc) is 3.18. The monoisotopic (exact) mass is 410 g/mol. The van der Waals surface area contributed by atoms with Gasteiger partial charge in [-0.3, -0.25) is 15.0 Å². The number of nitrogens with zero attached hydrogens (tertiary/aromatic N) is 1. The largest absolute Gasteiger partial charge is 0.429 e. The van der Waals surface area contributed by atoms with E-state index in [4.69, 9.17) is 16.6 Å². The lowest BCUT2D eigenvalue weighted by molar-refractivity contribution is -0.132. The molecule has 3 aromatic rings. The molecule has 1 aromatic heterocycles. The zero-order valence-corrected chi connectivity index (χ0v) is 16.3. The number of benzene rings is 2. The molecule has 1 atom stereocenters. The van der Waals surface area contributed by atoms with E-state index in [0.717, 1.165) is 10.6 Å². The van der Waals surface area contributed by atoms with Crippen molar-refractivity contribution in [3.63, 3.8) is 0 Å². The standard InChI is InChI=1S/C20H18N4O4S/c1-20(10-9-12-5-3-2-4-6-12)17(26)24(18(27)22-20)23-16(25)13-7-8-15-14(11-13)21-19(29)28-15/h2-8,11H,9-10H2,1H3,(H,21,29)(H,22,27)(H,23,25). The molecular formula is C20H18N4O4S. The van der Waals surface area contributed by atoms with Crippen LogP contribution in [0.3, 0.4) is 0 Å². The number of aromatic amines is 1. The number of amides is 4. The van der Waals surface area contributed by atoms with Crippen molar-refractivity contribution in [2.75, 3.05) is 0 Å². The van der Waals surface area contributed by atoms with Gasteiger partial charge in [-0.2, -0.15) is 5.01 Å². The van der Waals surface area contributed by atoms with Crippen molar-refractivity contribution in [3.8, 4) is 0 Å². The van der Waals surface area contributed by atoms with Crippen molar-refractivity contribution >= 4 is 41.2 Å². The van der Waals surface area contributed by atoms with Gasteiger partial charge in [0.15, 0.2) is 5.58 Å². The van der Waals surface area contributed by atoms with Crippen LogP contribution < -0.4 is 10.7 Å². The number of fused-ring (bicyclic) bond motifs is 1. The highest BCUT2D eigenvalue weighted by Gasteiger charge is 2.48. The fourth-order valence-corrected chi connectivity index (χ4v) is 3.45. The normalized spacial score (nSPS) is 18.9. The number of nitrogens with one attached hydrogen (secondary N) is 3. The van der Waals surface area contributed by atoms with Gasteiger partial charge in [-0.15, -0.1) is 0 Å². The van der Waals surface area contributed by atoms with Gasteiger partial charge < -0.3 is 14.7 Å². The zero-order chi connectivity index (χ0) is 20.6. The van der Waals surface area contributed by atoms with Crippen molar-refractivity contribution in [1.82, 2.24) is 20.7 Å². The number of rotatable bonds is 5. The molecule has 1 saturated heterocycles. The molecule has 1 aliphatic heterocycles. The van der Waals surface area contributed by atoms with E-state index < -0.39 is 23.4 Å². The predicted molar refractivity (Wildman–Crippen MR) is 107 cm³/mol. The van der Waals surface area contributed by atoms with Crippen LogP contribution >= 0.6 is 12.2 Å². The first kappa shape index (κ1) is 18.9. The Morgan fingerprint density at radius 2 is 1.97 bits per heavy atom. The Balaban J connectivity index is 1.47. The van der Waals surface area contributed by atoms with E-state index in [2.05, 4.69) is 15.7 Å². The third kappa shape index (κ3) is 3.64. The molecule has 3 N–H and O–H groups in total. The number of imide groups is 1. The molecule has 0 bridgehead atoms. The molecule has 4 amide bonds. The van der Waals surface area contributed by atoms with Gasteiger partial charge >= 0.3 is 6.03 Å². The van der Waals surface area contributed by atoms with Gasteiger partial charge in [-0.05, 0) is 55.7 Å². The van der Waals surface area contributed by atoms with Gasteiger partial charge in [0.2, 0.25) is 0 Å². The van der Waals surface area contributed by atoms with E-state index in [9.17, 15) is 14.4 Å². The van der Waals surface area contributed by atoms with Gasteiger partial charge in [-0.25, -0.2) is 4.79 Å². The number of urea groups is 1. The molecule has 0 radical (unpaired) electrons. The molecule has 2 heterocycles. The van der Waals surface area contributed by atoms with Gasteiger partial charge in [0, 0.05) is 5.56 Å². The van der Waals surface area contributed by atoms with E-state index in [1.165, 1.54) is 12.1 Å². The summed E-state index contributed by atoms with van der Waals surface area (Å²) in [6.45, 7) is 1.65.